The first-order chi connectivity index (χ1) is 14.6. The summed E-state index contributed by atoms with van der Waals surface area (Å²) in [5.41, 5.74) is 1.28. The Bertz CT molecular complexity index is 1260. The average Bonchev–Trinajstić information content (AvgIpc) is 2.74. The van der Waals surface area contributed by atoms with Crippen LogP contribution in [0.4, 0.5) is 0 Å². The Morgan fingerprint density at radius 3 is 2.29 bits per heavy atom. The fraction of sp³-hybridized carbons (Fsp3) is 0.190. The van der Waals surface area contributed by atoms with Crippen LogP contribution < -0.4 is 9.46 Å². The van der Waals surface area contributed by atoms with Crippen molar-refractivity contribution in [1.29, 1.82) is 0 Å². The molecule has 1 aromatic heterocycles. The van der Waals surface area contributed by atoms with Gasteiger partial charge in [0.2, 0.25) is 10.0 Å². The molecule has 3 aromatic rings. The van der Waals surface area contributed by atoms with Gasteiger partial charge in [-0.3, -0.25) is 4.98 Å². The molecule has 0 saturated heterocycles. The molecule has 0 aliphatic rings. The number of nitrogens with one attached hydrogen (secondary N) is 1. The third kappa shape index (κ3) is 5.24. The molecule has 1 heterocycles. The van der Waals surface area contributed by atoms with Gasteiger partial charge in [0.05, 0.1) is 21.9 Å². The first-order valence-electron chi connectivity index (χ1n) is 9.19. The van der Waals surface area contributed by atoms with Crippen molar-refractivity contribution in [3.8, 4) is 5.75 Å². The largest absolute Gasteiger partial charge is 0.495 e. The van der Waals surface area contributed by atoms with Crippen LogP contribution >= 0.6 is 11.6 Å². The molecule has 1 N–H and O–H groups in total. The number of hydrogen-bond donors (Lipinski definition) is 1. The molecule has 0 fully saturated rings. The van der Waals surface area contributed by atoms with E-state index in [1.807, 2.05) is 6.92 Å². The third-order valence-corrected chi connectivity index (χ3v) is 8.51. The van der Waals surface area contributed by atoms with Crippen molar-refractivity contribution in [3.63, 3.8) is 0 Å². The number of sulfone groups is 1. The summed E-state index contributed by atoms with van der Waals surface area (Å²) in [4.78, 5) is 3.98. The van der Waals surface area contributed by atoms with E-state index >= 15 is 0 Å². The number of rotatable bonds is 8. The number of benzene rings is 2. The second kappa shape index (κ2) is 9.35. The second-order valence-corrected chi connectivity index (χ2v) is 11.1. The molecule has 0 unspecified atom stereocenters. The summed E-state index contributed by atoms with van der Waals surface area (Å²) >= 11 is 6.04. The van der Waals surface area contributed by atoms with Crippen molar-refractivity contribution in [2.24, 2.45) is 0 Å². The lowest BCUT2D eigenvalue weighted by Crippen LogP contribution is -2.32. The van der Waals surface area contributed by atoms with Crippen LogP contribution in [-0.4, -0.2) is 35.5 Å². The van der Waals surface area contributed by atoms with Crippen molar-refractivity contribution >= 4 is 31.5 Å². The zero-order valence-corrected chi connectivity index (χ0v) is 19.2. The first-order valence-corrected chi connectivity index (χ1v) is 12.6. The predicted octanol–water partition coefficient (Wildman–Crippen LogP) is 3.55. The summed E-state index contributed by atoms with van der Waals surface area (Å²) < 4.78 is 59.7. The zero-order chi connectivity index (χ0) is 22.6. The van der Waals surface area contributed by atoms with Crippen LogP contribution in [0.15, 0.2) is 76.8 Å². The van der Waals surface area contributed by atoms with Gasteiger partial charge in [0.15, 0.2) is 9.84 Å². The maximum absolute atomic E-state index is 13.3. The minimum atomic E-state index is -4.03. The minimum Gasteiger partial charge on any atom is -0.495 e. The number of ether oxygens (including phenoxy) is 1. The summed E-state index contributed by atoms with van der Waals surface area (Å²) in [5, 5.41) is -1.05. The highest BCUT2D eigenvalue weighted by Gasteiger charge is 2.31. The first kappa shape index (κ1) is 23.2. The van der Waals surface area contributed by atoms with E-state index in [-0.39, 0.29) is 21.4 Å². The maximum Gasteiger partial charge on any atom is 0.240 e. The van der Waals surface area contributed by atoms with Gasteiger partial charge in [0.25, 0.3) is 0 Å². The highest BCUT2D eigenvalue weighted by molar-refractivity contribution is 7.92. The quantitative estimate of drug-likeness (QED) is 0.529. The van der Waals surface area contributed by atoms with E-state index in [1.165, 1.54) is 49.8 Å². The van der Waals surface area contributed by atoms with Gasteiger partial charge in [-0.25, -0.2) is 21.6 Å². The average molecular weight is 481 g/mol. The summed E-state index contributed by atoms with van der Waals surface area (Å²) in [7, 11) is -6.52. The summed E-state index contributed by atoms with van der Waals surface area (Å²) in [6.45, 7) is 1.47. The number of sulfonamides is 1. The van der Waals surface area contributed by atoms with Crippen LogP contribution in [0.1, 0.15) is 16.4 Å². The molecule has 0 saturated carbocycles. The van der Waals surface area contributed by atoms with Gasteiger partial charge in [-0.15, -0.1) is 0 Å². The van der Waals surface area contributed by atoms with Crippen molar-refractivity contribution in [2.75, 3.05) is 13.7 Å². The second-order valence-electron chi connectivity index (χ2n) is 6.78. The van der Waals surface area contributed by atoms with E-state index in [0.29, 0.717) is 11.3 Å². The number of pyridine rings is 1. The smallest absolute Gasteiger partial charge is 0.240 e. The Hall–Kier alpha value is -2.46. The van der Waals surface area contributed by atoms with Crippen LogP contribution in [0, 0.1) is 6.92 Å². The fourth-order valence-corrected chi connectivity index (χ4v) is 6.09. The van der Waals surface area contributed by atoms with Crippen LogP contribution in [-0.2, 0) is 19.9 Å². The molecule has 0 aliphatic carbocycles. The highest BCUT2D eigenvalue weighted by Crippen LogP contribution is 2.30. The maximum atomic E-state index is 13.3. The molecule has 0 amide bonds. The molecule has 0 aliphatic heterocycles. The lowest BCUT2D eigenvalue weighted by Gasteiger charge is -2.19. The molecule has 0 bridgehead atoms. The molecule has 0 radical (unpaired) electrons. The van der Waals surface area contributed by atoms with E-state index in [0.717, 1.165) is 5.56 Å². The molecule has 7 nitrogen and oxygen atoms in total. The molecule has 3 rings (SSSR count). The van der Waals surface area contributed by atoms with Gasteiger partial charge >= 0.3 is 0 Å². The third-order valence-electron chi connectivity index (χ3n) is 4.67. The molecule has 1 atom stereocenters. The standard InChI is InChI=1S/C21H21ClN2O5S2/c1-15-5-7-17(8-6-15)30(25,26)21(16-4-3-11-23-13-16)14-24-31(27,28)18-9-10-20(29-2)19(22)12-18/h3-13,21,24H,14H2,1-2H3/t21-/m1/s1. The van der Waals surface area contributed by atoms with Crippen molar-refractivity contribution in [3.05, 3.63) is 83.1 Å². The summed E-state index contributed by atoms with van der Waals surface area (Å²) in [5.74, 6) is 0.329. The van der Waals surface area contributed by atoms with E-state index in [1.54, 1.807) is 24.3 Å². The number of methoxy groups -OCH3 is 1. The van der Waals surface area contributed by atoms with Crippen molar-refractivity contribution in [2.45, 2.75) is 22.0 Å². The van der Waals surface area contributed by atoms with Crippen LogP contribution in [0.25, 0.3) is 0 Å². The van der Waals surface area contributed by atoms with Gasteiger partial charge in [-0.2, -0.15) is 0 Å². The number of aryl methyl sites for hydroxylation is 1. The van der Waals surface area contributed by atoms with Gasteiger partial charge in [0, 0.05) is 18.9 Å². The monoisotopic (exact) mass is 480 g/mol. The molecule has 10 heteroatoms. The molecule has 31 heavy (non-hydrogen) atoms. The molecular weight excluding hydrogens is 460 g/mol. The molecule has 164 valence electrons. The Kier molecular flexibility index (Phi) is 7.00. The van der Waals surface area contributed by atoms with Crippen molar-refractivity contribution < 1.29 is 21.6 Å². The molecule has 2 aromatic carbocycles. The number of nitrogens with zero attached hydrogens (tertiary/aromatic N) is 1. The Morgan fingerprint density at radius 1 is 1.03 bits per heavy atom. The van der Waals surface area contributed by atoms with Gasteiger partial charge in [-0.05, 0) is 48.9 Å². The van der Waals surface area contributed by atoms with Crippen LogP contribution in [0.3, 0.4) is 0 Å². The van der Waals surface area contributed by atoms with E-state index < -0.39 is 25.1 Å². The molecular formula is C21H21ClN2O5S2. The van der Waals surface area contributed by atoms with Gasteiger partial charge in [-0.1, -0.05) is 35.4 Å². The normalized spacial score (nSPS) is 13.0. The zero-order valence-electron chi connectivity index (χ0n) is 16.8. The molecule has 0 spiro atoms. The van der Waals surface area contributed by atoms with Crippen molar-refractivity contribution in [1.82, 2.24) is 9.71 Å². The Balaban J connectivity index is 1.94. The SMILES string of the molecule is COc1ccc(S(=O)(=O)NC[C@H](c2cccnc2)S(=O)(=O)c2ccc(C)cc2)cc1Cl. The van der Waals surface area contributed by atoms with E-state index in [4.69, 9.17) is 16.3 Å². The Labute approximate surface area is 187 Å². The van der Waals surface area contributed by atoms with Crippen LogP contribution in [0.5, 0.6) is 5.75 Å². The van der Waals surface area contributed by atoms with Crippen LogP contribution in [0.2, 0.25) is 5.02 Å². The lowest BCUT2D eigenvalue weighted by molar-refractivity contribution is 0.414. The predicted molar refractivity (Wildman–Crippen MR) is 119 cm³/mol. The Morgan fingerprint density at radius 2 is 1.71 bits per heavy atom. The van der Waals surface area contributed by atoms with E-state index in [9.17, 15) is 16.8 Å². The minimum absolute atomic E-state index is 0.0960. The number of halogens is 1. The summed E-state index contributed by atoms with van der Waals surface area (Å²) in [6.07, 6.45) is 2.93. The van der Waals surface area contributed by atoms with E-state index in [2.05, 4.69) is 9.71 Å². The summed E-state index contributed by atoms with van der Waals surface area (Å²) in [6, 6.07) is 13.6. The number of aromatic nitrogens is 1. The highest BCUT2D eigenvalue weighted by atomic mass is 35.5. The number of hydrogen-bond acceptors (Lipinski definition) is 6. The van der Waals surface area contributed by atoms with Gasteiger partial charge < -0.3 is 4.74 Å². The topological polar surface area (TPSA) is 102 Å². The van der Waals surface area contributed by atoms with Gasteiger partial charge in [0.1, 0.15) is 11.0 Å². The lowest BCUT2D eigenvalue weighted by atomic mass is 10.2. The fourth-order valence-electron chi connectivity index (χ4n) is 2.95.